The molecule has 72 valence electrons. The molecule has 0 fully saturated rings. The number of hydrazine groups is 1. The molecule has 1 heterocycles. The zero-order chi connectivity index (χ0) is 10.1. The van der Waals surface area contributed by atoms with Crippen molar-refractivity contribution in [2.45, 2.75) is 6.92 Å². The number of aryl methyl sites for hydroxylation is 1. The van der Waals surface area contributed by atoms with Crippen molar-refractivity contribution in [3.63, 3.8) is 0 Å². The average molecular weight is 208 g/mol. The second-order valence-corrected chi connectivity index (χ2v) is 3.55. The summed E-state index contributed by atoms with van der Waals surface area (Å²) in [6, 6.07) is 5.80. The highest BCUT2D eigenvalue weighted by Crippen LogP contribution is 2.28. The fourth-order valence-corrected chi connectivity index (χ4v) is 1.83. The molecular weight excluding hydrogens is 198 g/mol. The van der Waals surface area contributed by atoms with Gasteiger partial charge in [0.1, 0.15) is 5.82 Å². The fourth-order valence-electron chi connectivity index (χ4n) is 1.49. The minimum Gasteiger partial charge on any atom is -0.308 e. The van der Waals surface area contributed by atoms with Crippen LogP contribution >= 0.6 is 11.6 Å². The maximum absolute atomic E-state index is 6.09. The quantitative estimate of drug-likeness (QED) is 0.558. The molecule has 0 aliphatic rings. The summed E-state index contributed by atoms with van der Waals surface area (Å²) in [5, 5.41) is 2.62. The van der Waals surface area contributed by atoms with Gasteiger partial charge >= 0.3 is 0 Å². The van der Waals surface area contributed by atoms with Crippen LogP contribution in [-0.4, -0.2) is 4.98 Å². The van der Waals surface area contributed by atoms with E-state index in [9.17, 15) is 0 Å². The van der Waals surface area contributed by atoms with Crippen LogP contribution in [0.2, 0.25) is 5.02 Å². The summed E-state index contributed by atoms with van der Waals surface area (Å²) in [5.41, 5.74) is 3.64. The third kappa shape index (κ3) is 1.41. The Balaban J connectivity index is 2.86. The van der Waals surface area contributed by atoms with Gasteiger partial charge in [0.2, 0.25) is 0 Å². The van der Waals surface area contributed by atoms with E-state index in [4.69, 9.17) is 17.4 Å². The van der Waals surface area contributed by atoms with E-state index in [2.05, 4.69) is 10.4 Å². The summed E-state index contributed by atoms with van der Waals surface area (Å²) in [6.07, 6.45) is 1.68. The van der Waals surface area contributed by atoms with Gasteiger partial charge in [-0.05, 0) is 30.7 Å². The van der Waals surface area contributed by atoms with Crippen LogP contribution in [0.15, 0.2) is 24.4 Å². The Morgan fingerprint density at radius 2 is 2.14 bits per heavy atom. The van der Waals surface area contributed by atoms with Crippen LogP contribution < -0.4 is 11.3 Å². The van der Waals surface area contributed by atoms with E-state index in [-0.39, 0.29) is 0 Å². The third-order valence-corrected chi connectivity index (χ3v) is 2.42. The molecule has 2 aromatic rings. The highest BCUT2D eigenvalue weighted by molar-refractivity contribution is 6.35. The topological polar surface area (TPSA) is 50.9 Å². The van der Waals surface area contributed by atoms with Crippen LogP contribution in [0.25, 0.3) is 10.8 Å². The van der Waals surface area contributed by atoms with Crippen LogP contribution in [0.4, 0.5) is 5.82 Å². The minimum atomic E-state index is 0.646. The van der Waals surface area contributed by atoms with E-state index in [0.717, 1.165) is 21.4 Å². The fraction of sp³-hybridized carbons (Fsp3) is 0.100. The number of nitrogens with one attached hydrogen (secondary N) is 1. The zero-order valence-corrected chi connectivity index (χ0v) is 8.47. The van der Waals surface area contributed by atoms with Gasteiger partial charge in [-0.3, -0.25) is 0 Å². The number of halogens is 1. The first kappa shape index (κ1) is 9.24. The number of anilines is 1. The van der Waals surface area contributed by atoms with Crippen molar-refractivity contribution in [3.05, 3.63) is 35.0 Å². The number of aromatic nitrogens is 1. The van der Waals surface area contributed by atoms with Gasteiger partial charge in [-0.25, -0.2) is 10.8 Å². The highest BCUT2D eigenvalue weighted by Gasteiger charge is 2.04. The van der Waals surface area contributed by atoms with E-state index in [1.807, 2.05) is 25.1 Å². The standard InChI is InChI=1S/C10H10ClN3/c1-6-4-8-7(9(11)5-6)2-3-13-10(8)14-12/h2-5H,12H2,1H3,(H,13,14). The first-order chi connectivity index (χ1) is 6.72. The molecule has 4 heteroatoms. The number of hydrogen-bond donors (Lipinski definition) is 2. The number of hydrogen-bond acceptors (Lipinski definition) is 3. The summed E-state index contributed by atoms with van der Waals surface area (Å²) >= 11 is 6.09. The van der Waals surface area contributed by atoms with Crippen molar-refractivity contribution in [1.82, 2.24) is 4.98 Å². The lowest BCUT2D eigenvalue weighted by molar-refractivity contribution is 1.25. The number of rotatable bonds is 1. The molecule has 3 nitrogen and oxygen atoms in total. The van der Waals surface area contributed by atoms with Crippen molar-refractivity contribution in [1.29, 1.82) is 0 Å². The molecule has 0 bridgehead atoms. The van der Waals surface area contributed by atoms with Gasteiger partial charge in [-0.1, -0.05) is 11.6 Å². The summed E-state index contributed by atoms with van der Waals surface area (Å²) < 4.78 is 0. The van der Waals surface area contributed by atoms with E-state index in [1.165, 1.54) is 0 Å². The number of nitrogen functional groups attached to an aromatic ring is 1. The van der Waals surface area contributed by atoms with Crippen LogP contribution in [0.3, 0.4) is 0 Å². The normalized spacial score (nSPS) is 10.5. The molecular formula is C10H10ClN3. The molecule has 0 spiro atoms. The van der Waals surface area contributed by atoms with Gasteiger partial charge in [0.15, 0.2) is 0 Å². The van der Waals surface area contributed by atoms with E-state index in [1.54, 1.807) is 6.20 Å². The van der Waals surface area contributed by atoms with Gasteiger partial charge in [0.05, 0.1) is 0 Å². The van der Waals surface area contributed by atoms with Crippen molar-refractivity contribution in [3.8, 4) is 0 Å². The second-order valence-electron chi connectivity index (χ2n) is 3.15. The molecule has 0 aliphatic heterocycles. The van der Waals surface area contributed by atoms with Crippen molar-refractivity contribution < 1.29 is 0 Å². The molecule has 0 aliphatic carbocycles. The largest absolute Gasteiger partial charge is 0.308 e. The lowest BCUT2D eigenvalue weighted by Crippen LogP contribution is -2.08. The summed E-state index contributed by atoms with van der Waals surface area (Å²) in [4.78, 5) is 4.11. The molecule has 0 saturated carbocycles. The molecule has 0 radical (unpaired) electrons. The van der Waals surface area contributed by atoms with Crippen molar-refractivity contribution in [2.24, 2.45) is 5.84 Å². The predicted octanol–water partition coefficient (Wildman–Crippen LogP) is 2.48. The van der Waals surface area contributed by atoms with Gasteiger partial charge < -0.3 is 5.43 Å². The molecule has 0 unspecified atom stereocenters. The number of nitrogens with zero attached hydrogens (tertiary/aromatic N) is 1. The van der Waals surface area contributed by atoms with Gasteiger partial charge in [0.25, 0.3) is 0 Å². The summed E-state index contributed by atoms with van der Waals surface area (Å²) in [7, 11) is 0. The summed E-state index contributed by atoms with van der Waals surface area (Å²) in [5.74, 6) is 6.01. The van der Waals surface area contributed by atoms with E-state index < -0.39 is 0 Å². The number of pyridine rings is 1. The Hall–Kier alpha value is -1.32. The lowest BCUT2D eigenvalue weighted by Gasteiger charge is -2.06. The molecule has 0 amide bonds. The van der Waals surface area contributed by atoms with E-state index in [0.29, 0.717) is 5.82 Å². The SMILES string of the molecule is Cc1cc(Cl)c2ccnc(NN)c2c1. The maximum atomic E-state index is 6.09. The average Bonchev–Trinajstić information content (AvgIpc) is 2.17. The Kier molecular flexibility index (Phi) is 2.27. The van der Waals surface area contributed by atoms with Crippen molar-refractivity contribution in [2.75, 3.05) is 5.43 Å². The molecule has 3 N–H and O–H groups in total. The van der Waals surface area contributed by atoms with Gasteiger partial charge in [0, 0.05) is 22.0 Å². The lowest BCUT2D eigenvalue weighted by atomic mass is 10.1. The number of benzene rings is 1. The molecule has 2 rings (SSSR count). The first-order valence-corrected chi connectivity index (χ1v) is 4.61. The highest BCUT2D eigenvalue weighted by atomic mass is 35.5. The van der Waals surface area contributed by atoms with Gasteiger partial charge in [-0.15, -0.1) is 0 Å². The van der Waals surface area contributed by atoms with Crippen LogP contribution in [0.1, 0.15) is 5.56 Å². The van der Waals surface area contributed by atoms with Crippen LogP contribution in [-0.2, 0) is 0 Å². The molecule has 0 atom stereocenters. The Labute approximate surface area is 86.9 Å². The van der Waals surface area contributed by atoms with Crippen LogP contribution in [0.5, 0.6) is 0 Å². The third-order valence-electron chi connectivity index (χ3n) is 2.11. The summed E-state index contributed by atoms with van der Waals surface area (Å²) in [6.45, 7) is 1.98. The van der Waals surface area contributed by atoms with E-state index >= 15 is 0 Å². The number of fused-ring (bicyclic) bond motifs is 1. The predicted molar refractivity (Wildman–Crippen MR) is 59.3 cm³/mol. The monoisotopic (exact) mass is 207 g/mol. The Morgan fingerprint density at radius 1 is 1.36 bits per heavy atom. The Morgan fingerprint density at radius 3 is 2.86 bits per heavy atom. The van der Waals surface area contributed by atoms with Crippen molar-refractivity contribution >= 4 is 28.2 Å². The maximum Gasteiger partial charge on any atom is 0.147 e. The second kappa shape index (κ2) is 3.44. The number of nitrogens with two attached hydrogens (primary N) is 1. The smallest absolute Gasteiger partial charge is 0.147 e. The van der Waals surface area contributed by atoms with Gasteiger partial charge in [-0.2, -0.15) is 0 Å². The minimum absolute atomic E-state index is 0.646. The van der Waals surface area contributed by atoms with Crippen LogP contribution in [0, 0.1) is 6.92 Å². The molecule has 14 heavy (non-hydrogen) atoms. The first-order valence-electron chi connectivity index (χ1n) is 4.24. The zero-order valence-electron chi connectivity index (χ0n) is 7.71. The Bertz CT molecular complexity index is 482. The molecule has 1 aromatic carbocycles. The molecule has 1 aromatic heterocycles. The molecule has 0 saturated heterocycles.